The molecule has 0 heterocycles. The number of rotatable bonds is 8. The lowest BCUT2D eigenvalue weighted by Gasteiger charge is -2.37. The maximum atomic E-state index is 5.87. The maximum Gasteiger partial charge on any atom is 0.0789 e. The van der Waals surface area contributed by atoms with Gasteiger partial charge in [-0.15, -0.1) is 0 Å². The fourth-order valence-corrected chi connectivity index (χ4v) is 2.08. The lowest BCUT2D eigenvalue weighted by atomic mass is 9.82. The summed E-state index contributed by atoms with van der Waals surface area (Å²) in [4.78, 5) is 0. The smallest absolute Gasteiger partial charge is 0.0789 e. The van der Waals surface area contributed by atoms with Crippen LogP contribution in [0.15, 0.2) is 0 Å². The van der Waals surface area contributed by atoms with Gasteiger partial charge in [-0.3, -0.25) is 11.3 Å². The third kappa shape index (κ3) is 6.14. The highest BCUT2D eigenvalue weighted by molar-refractivity contribution is 4.87. The Morgan fingerprint density at radius 2 is 1.72 bits per heavy atom. The van der Waals surface area contributed by atoms with Gasteiger partial charge in [-0.25, -0.2) is 0 Å². The maximum absolute atomic E-state index is 5.87. The third-order valence-corrected chi connectivity index (χ3v) is 3.39. The van der Waals surface area contributed by atoms with E-state index in [9.17, 15) is 0 Å². The van der Waals surface area contributed by atoms with Crippen molar-refractivity contribution in [3.63, 3.8) is 0 Å². The average Bonchev–Trinajstić information content (AvgIpc) is 2.27. The number of methoxy groups -OCH3 is 1. The fraction of sp³-hybridized carbons (Fsp3) is 1.00. The Morgan fingerprint density at radius 3 is 2.06 bits per heavy atom. The van der Waals surface area contributed by atoms with Crippen molar-refractivity contribution in [2.75, 3.05) is 13.7 Å². The summed E-state index contributed by atoms with van der Waals surface area (Å²) in [5.74, 6) is 5.70. The molecule has 0 bridgehead atoms. The lowest BCUT2D eigenvalue weighted by molar-refractivity contribution is -0.0464. The third-order valence-electron chi connectivity index (χ3n) is 3.39. The van der Waals surface area contributed by atoms with Crippen LogP contribution in [-0.2, 0) is 9.47 Å². The summed E-state index contributed by atoms with van der Waals surface area (Å²) in [7, 11) is 1.74. The van der Waals surface area contributed by atoms with Gasteiger partial charge in [-0.2, -0.15) is 0 Å². The van der Waals surface area contributed by atoms with E-state index in [-0.39, 0.29) is 23.2 Å². The second-order valence-electron chi connectivity index (χ2n) is 6.52. The molecule has 0 saturated carbocycles. The molecule has 0 spiro atoms. The molecule has 2 atom stereocenters. The van der Waals surface area contributed by atoms with Crippen molar-refractivity contribution < 1.29 is 9.47 Å². The Bertz CT molecular complexity index is 224. The molecule has 0 saturated heterocycles. The van der Waals surface area contributed by atoms with Crippen molar-refractivity contribution in [3.05, 3.63) is 0 Å². The van der Waals surface area contributed by atoms with Crippen LogP contribution >= 0.6 is 0 Å². The molecule has 0 fully saturated rings. The standard InChI is InChI=1S/C14H32N2O2/c1-8-18-12(13(2,3)4)11(16-15)9-10-14(5,6)17-7/h11-12,16H,8-10,15H2,1-7H3. The number of nitrogens with two attached hydrogens (primary N) is 1. The molecule has 0 aromatic heterocycles. The van der Waals surface area contributed by atoms with Gasteiger partial charge in [0.15, 0.2) is 0 Å². The van der Waals surface area contributed by atoms with Crippen LogP contribution in [0.4, 0.5) is 0 Å². The molecule has 4 heteroatoms. The van der Waals surface area contributed by atoms with Crippen molar-refractivity contribution in [2.45, 2.75) is 72.1 Å². The molecule has 0 aromatic carbocycles. The first-order valence-corrected chi connectivity index (χ1v) is 6.81. The summed E-state index contributed by atoms with van der Waals surface area (Å²) >= 11 is 0. The summed E-state index contributed by atoms with van der Waals surface area (Å²) in [6, 6.07) is 0.138. The summed E-state index contributed by atoms with van der Waals surface area (Å²) in [5, 5.41) is 0. The molecule has 3 N–H and O–H groups in total. The number of hydrogen-bond donors (Lipinski definition) is 2. The van der Waals surface area contributed by atoms with Crippen molar-refractivity contribution in [1.29, 1.82) is 0 Å². The van der Waals surface area contributed by atoms with Crippen molar-refractivity contribution in [1.82, 2.24) is 5.43 Å². The van der Waals surface area contributed by atoms with E-state index in [4.69, 9.17) is 15.3 Å². The minimum atomic E-state index is -0.121. The molecular weight excluding hydrogens is 228 g/mol. The van der Waals surface area contributed by atoms with Gasteiger partial charge in [0.05, 0.1) is 11.7 Å². The Labute approximate surface area is 113 Å². The van der Waals surface area contributed by atoms with Gasteiger partial charge >= 0.3 is 0 Å². The molecule has 18 heavy (non-hydrogen) atoms. The summed E-state index contributed by atoms with van der Waals surface area (Å²) in [5.41, 5.74) is 2.85. The van der Waals surface area contributed by atoms with Gasteiger partial charge in [0.2, 0.25) is 0 Å². The highest BCUT2D eigenvalue weighted by atomic mass is 16.5. The van der Waals surface area contributed by atoms with Crippen LogP contribution in [0.1, 0.15) is 54.4 Å². The van der Waals surface area contributed by atoms with Crippen LogP contribution in [0, 0.1) is 5.41 Å². The van der Waals surface area contributed by atoms with Crippen LogP contribution in [0.25, 0.3) is 0 Å². The van der Waals surface area contributed by atoms with E-state index in [1.165, 1.54) is 0 Å². The minimum absolute atomic E-state index is 0.0598. The molecule has 0 aliphatic carbocycles. The predicted octanol–water partition coefficient (Wildman–Crippen LogP) is 2.47. The van der Waals surface area contributed by atoms with Crippen LogP contribution in [0.2, 0.25) is 0 Å². The highest BCUT2D eigenvalue weighted by Crippen LogP contribution is 2.28. The molecule has 0 radical (unpaired) electrons. The highest BCUT2D eigenvalue weighted by Gasteiger charge is 2.33. The zero-order chi connectivity index (χ0) is 14.4. The second kappa shape index (κ2) is 7.43. The van der Waals surface area contributed by atoms with Crippen molar-refractivity contribution in [2.24, 2.45) is 11.3 Å². The Balaban J connectivity index is 4.61. The Hall–Kier alpha value is -0.160. The van der Waals surface area contributed by atoms with Crippen LogP contribution in [0.5, 0.6) is 0 Å². The summed E-state index contributed by atoms with van der Waals surface area (Å²) in [6.07, 6.45) is 1.97. The molecule has 0 amide bonds. The number of nitrogens with one attached hydrogen (secondary N) is 1. The quantitative estimate of drug-likeness (QED) is 0.520. The van der Waals surface area contributed by atoms with E-state index in [1.807, 2.05) is 6.92 Å². The molecule has 4 nitrogen and oxygen atoms in total. The number of ether oxygens (including phenoxy) is 2. The van der Waals surface area contributed by atoms with Gasteiger partial charge in [0.1, 0.15) is 0 Å². The number of hydrogen-bond acceptors (Lipinski definition) is 4. The number of hydrazine groups is 1. The fourth-order valence-electron chi connectivity index (χ4n) is 2.08. The minimum Gasteiger partial charge on any atom is -0.379 e. The van der Waals surface area contributed by atoms with E-state index >= 15 is 0 Å². The average molecular weight is 260 g/mol. The molecule has 2 unspecified atom stereocenters. The molecule has 0 aromatic rings. The zero-order valence-corrected chi connectivity index (χ0v) is 13.2. The van der Waals surface area contributed by atoms with E-state index < -0.39 is 0 Å². The van der Waals surface area contributed by atoms with Gasteiger partial charge in [0, 0.05) is 19.8 Å². The van der Waals surface area contributed by atoms with Gasteiger partial charge in [-0.1, -0.05) is 20.8 Å². The second-order valence-corrected chi connectivity index (χ2v) is 6.52. The first-order valence-electron chi connectivity index (χ1n) is 6.81. The Morgan fingerprint density at radius 1 is 1.17 bits per heavy atom. The molecule has 0 aliphatic rings. The molecule has 0 aliphatic heterocycles. The van der Waals surface area contributed by atoms with Gasteiger partial charge < -0.3 is 9.47 Å². The monoisotopic (exact) mass is 260 g/mol. The van der Waals surface area contributed by atoms with E-state index in [0.29, 0.717) is 6.61 Å². The predicted molar refractivity (Wildman–Crippen MR) is 76.3 cm³/mol. The first kappa shape index (κ1) is 17.8. The zero-order valence-electron chi connectivity index (χ0n) is 13.2. The van der Waals surface area contributed by atoms with Gasteiger partial charge in [-0.05, 0) is 39.0 Å². The van der Waals surface area contributed by atoms with Crippen LogP contribution < -0.4 is 11.3 Å². The van der Waals surface area contributed by atoms with Gasteiger partial charge in [0.25, 0.3) is 0 Å². The van der Waals surface area contributed by atoms with E-state index in [0.717, 1.165) is 12.8 Å². The SMILES string of the molecule is CCOC(C(CCC(C)(C)OC)NN)C(C)(C)C. The van der Waals surface area contributed by atoms with Crippen molar-refractivity contribution >= 4 is 0 Å². The van der Waals surface area contributed by atoms with Crippen LogP contribution in [0.3, 0.4) is 0 Å². The van der Waals surface area contributed by atoms with Crippen LogP contribution in [-0.4, -0.2) is 31.5 Å². The summed E-state index contributed by atoms with van der Waals surface area (Å²) < 4.78 is 11.3. The molecule has 110 valence electrons. The largest absolute Gasteiger partial charge is 0.379 e. The normalized spacial score (nSPS) is 16.7. The topological polar surface area (TPSA) is 56.5 Å². The first-order chi connectivity index (χ1) is 8.18. The van der Waals surface area contributed by atoms with E-state index in [1.54, 1.807) is 7.11 Å². The molecular formula is C14H32N2O2. The van der Waals surface area contributed by atoms with Crippen molar-refractivity contribution in [3.8, 4) is 0 Å². The molecule has 0 rings (SSSR count). The lowest BCUT2D eigenvalue weighted by Crippen LogP contribution is -2.51. The summed E-state index contributed by atoms with van der Waals surface area (Å²) in [6.45, 7) is 13.4. The van der Waals surface area contributed by atoms with E-state index in [2.05, 4.69) is 40.0 Å². The Kier molecular flexibility index (Phi) is 7.37.